The van der Waals surface area contributed by atoms with Crippen molar-refractivity contribution in [2.75, 3.05) is 7.11 Å². The molecule has 1 aromatic heterocycles. The zero-order valence-electron chi connectivity index (χ0n) is 10.9. The van der Waals surface area contributed by atoms with Crippen LogP contribution in [0.3, 0.4) is 0 Å². The van der Waals surface area contributed by atoms with Crippen molar-refractivity contribution in [2.24, 2.45) is 5.84 Å². The third-order valence-electron chi connectivity index (χ3n) is 3.05. The molecule has 0 aliphatic rings. The first-order valence-electron chi connectivity index (χ1n) is 5.89. The van der Waals surface area contributed by atoms with E-state index in [1.54, 1.807) is 30.5 Å². The van der Waals surface area contributed by atoms with Gasteiger partial charge in [-0.25, -0.2) is 9.82 Å². The van der Waals surface area contributed by atoms with Gasteiger partial charge in [-0.05, 0) is 24.6 Å². The fraction of sp³-hybridized carbons (Fsp3) is 0.214. The third-order valence-corrected chi connectivity index (χ3v) is 3.05. The number of hydrogen-bond acceptors (Lipinski definition) is 4. The number of nitrogens with zero attached hydrogens (tertiary/aromatic N) is 1. The topological polar surface area (TPSA) is 60.2 Å². The average molecular weight is 261 g/mol. The van der Waals surface area contributed by atoms with Crippen LogP contribution in [0.1, 0.15) is 22.9 Å². The van der Waals surface area contributed by atoms with Crippen LogP contribution in [-0.4, -0.2) is 12.1 Å². The quantitative estimate of drug-likeness (QED) is 0.653. The molecule has 0 saturated heterocycles. The molecule has 1 aromatic carbocycles. The van der Waals surface area contributed by atoms with Gasteiger partial charge in [-0.2, -0.15) is 0 Å². The summed E-state index contributed by atoms with van der Waals surface area (Å²) >= 11 is 0. The number of methoxy groups -OCH3 is 1. The second kappa shape index (κ2) is 5.77. The number of benzene rings is 1. The minimum Gasteiger partial charge on any atom is -0.494 e. The maximum atomic E-state index is 14.3. The van der Waals surface area contributed by atoms with Crippen molar-refractivity contribution in [2.45, 2.75) is 13.0 Å². The van der Waals surface area contributed by atoms with E-state index in [2.05, 4.69) is 10.4 Å². The summed E-state index contributed by atoms with van der Waals surface area (Å²) in [6.07, 6.45) is 1.69. The van der Waals surface area contributed by atoms with Crippen LogP contribution in [-0.2, 0) is 0 Å². The fourth-order valence-electron chi connectivity index (χ4n) is 2.06. The summed E-state index contributed by atoms with van der Waals surface area (Å²) in [5.74, 6) is 5.35. The number of aromatic nitrogens is 1. The van der Waals surface area contributed by atoms with E-state index >= 15 is 0 Å². The van der Waals surface area contributed by atoms with Gasteiger partial charge in [0.05, 0.1) is 13.2 Å². The highest BCUT2D eigenvalue weighted by Gasteiger charge is 2.20. The van der Waals surface area contributed by atoms with Crippen LogP contribution in [0.2, 0.25) is 0 Å². The van der Waals surface area contributed by atoms with Crippen molar-refractivity contribution in [1.29, 1.82) is 0 Å². The largest absolute Gasteiger partial charge is 0.494 e. The summed E-state index contributed by atoms with van der Waals surface area (Å²) in [7, 11) is 1.43. The maximum Gasteiger partial charge on any atom is 0.170 e. The Bertz CT molecular complexity index is 574. The van der Waals surface area contributed by atoms with Gasteiger partial charge >= 0.3 is 0 Å². The Morgan fingerprint density at radius 2 is 2.00 bits per heavy atom. The van der Waals surface area contributed by atoms with E-state index in [1.165, 1.54) is 7.11 Å². The zero-order valence-corrected chi connectivity index (χ0v) is 10.9. The molecule has 100 valence electrons. The third kappa shape index (κ3) is 2.57. The minimum atomic E-state index is -0.469. The molecule has 19 heavy (non-hydrogen) atoms. The van der Waals surface area contributed by atoms with E-state index in [9.17, 15) is 4.39 Å². The van der Waals surface area contributed by atoms with E-state index in [0.29, 0.717) is 5.56 Å². The highest BCUT2D eigenvalue weighted by Crippen LogP contribution is 2.29. The first kappa shape index (κ1) is 13.5. The van der Waals surface area contributed by atoms with Crippen molar-refractivity contribution in [1.82, 2.24) is 10.4 Å². The molecular formula is C14H16FN3O. The van der Waals surface area contributed by atoms with Gasteiger partial charge in [-0.15, -0.1) is 0 Å². The SMILES string of the molecule is COc1cccc(C(NN)c2cccnc2C)c1F. The van der Waals surface area contributed by atoms with Gasteiger partial charge in [-0.3, -0.25) is 10.8 Å². The number of nitrogens with two attached hydrogens (primary N) is 1. The Morgan fingerprint density at radius 1 is 1.26 bits per heavy atom. The van der Waals surface area contributed by atoms with Gasteiger partial charge in [0.2, 0.25) is 0 Å². The molecule has 2 rings (SSSR count). The van der Waals surface area contributed by atoms with Crippen LogP contribution in [0, 0.1) is 12.7 Å². The number of pyridine rings is 1. The second-order valence-corrected chi connectivity index (χ2v) is 4.14. The highest BCUT2D eigenvalue weighted by molar-refractivity contribution is 5.39. The zero-order chi connectivity index (χ0) is 13.8. The summed E-state index contributed by atoms with van der Waals surface area (Å²) in [6, 6.07) is 8.17. The van der Waals surface area contributed by atoms with Crippen LogP contribution >= 0.6 is 0 Å². The molecule has 4 nitrogen and oxygen atoms in total. The number of rotatable bonds is 4. The Balaban J connectivity index is 2.52. The Kier molecular flexibility index (Phi) is 4.09. The first-order chi connectivity index (χ1) is 9.19. The number of hydrazine groups is 1. The lowest BCUT2D eigenvalue weighted by Crippen LogP contribution is -2.30. The molecule has 0 amide bonds. The monoisotopic (exact) mass is 261 g/mol. The normalized spacial score (nSPS) is 12.2. The Labute approximate surface area is 111 Å². The molecule has 0 saturated carbocycles. The molecule has 0 spiro atoms. The second-order valence-electron chi connectivity index (χ2n) is 4.14. The van der Waals surface area contributed by atoms with Crippen molar-refractivity contribution in [3.8, 4) is 5.75 Å². The molecule has 1 heterocycles. The van der Waals surface area contributed by atoms with Gasteiger partial charge in [-0.1, -0.05) is 18.2 Å². The maximum absolute atomic E-state index is 14.3. The van der Waals surface area contributed by atoms with Crippen molar-refractivity contribution in [3.05, 3.63) is 59.2 Å². The summed E-state index contributed by atoms with van der Waals surface area (Å²) in [5, 5.41) is 0. The van der Waals surface area contributed by atoms with Crippen LogP contribution < -0.4 is 16.0 Å². The number of aryl methyl sites for hydroxylation is 1. The van der Waals surface area contributed by atoms with Crippen molar-refractivity contribution < 1.29 is 9.13 Å². The van der Waals surface area contributed by atoms with Crippen molar-refractivity contribution >= 4 is 0 Å². The molecule has 0 radical (unpaired) electrons. The molecule has 5 heteroatoms. The van der Waals surface area contributed by atoms with Gasteiger partial charge < -0.3 is 4.74 Å². The molecule has 0 fully saturated rings. The average Bonchev–Trinajstić information content (AvgIpc) is 2.43. The number of nitrogens with one attached hydrogen (secondary N) is 1. The van der Waals surface area contributed by atoms with E-state index in [-0.39, 0.29) is 5.75 Å². The lowest BCUT2D eigenvalue weighted by molar-refractivity contribution is 0.381. The summed E-state index contributed by atoms with van der Waals surface area (Å²) < 4.78 is 19.3. The number of ether oxygens (including phenoxy) is 1. The van der Waals surface area contributed by atoms with Crippen LogP contribution in [0.5, 0.6) is 5.75 Å². The summed E-state index contributed by atoms with van der Waals surface area (Å²) in [6.45, 7) is 1.86. The van der Waals surface area contributed by atoms with Gasteiger partial charge in [0.25, 0.3) is 0 Å². The van der Waals surface area contributed by atoms with Gasteiger partial charge in [0.15, 0.2) is 11.6 Å². The first-order valence-corrected chi connectivity index (χ1v) is 5.89. The summed E-state index contributed by atoms with van der Waals surface area (Å²) in [5.41, 5.74) is 4.69. The molecule has 0 bridgehead atoms. The summed E-state index contributed by atoms with van der Waals surface area (Å²) in [4.78, 5) is 4.20. The van der Waals surface area contributed by atoms with E-state index in [4.69, 9.17) is 10.6 Å². The molecule has 1 unspecified atom stereocenters. The van der Waals surface area contributed by atoms with E-state index < -0.39 is 11.9 Å². The van der Waals surface area contributed by atoms with Crippen LogP contribution in [0.25, 0.3) is 0 Å². The molecule has 0 aliphatic carbocycles. The predicted octanol–water partition coefficient (Wildman–Crippen LogP) is 2.09. The van der Waals surface area contributed by atoms with Crippen LogP contribution in [0.15, 0.2) is 36.5 Å². The van der Waals surface area contributed by atoms with Gasteiger partial charge in [0.1, 0.15) is 0 Å². The number of halogens is 1. The molecule has 3 N–H and O–H groups in total. The molecule has 1 atom stereocenters. The minimum absolute atomic E-state index is 0.194. The molecule has 0 aliphatic heterocycles. The lowest BCUT2D eigenvalue weighted by Gasteiger charge is -2.19. The molecular weight excluding hydrogens is 245 g/mol. The van der Waals surface area contributed by atoms with Crippen molar-refractivity contribution in [3.63, 3.8) is 0 Å². The van der Waals surface area contributed by atoms with Crippen LogP contribution in [0.4, 0.5) is 4.39 Å². The van der Waals surface area contributed by atoms with E-state index in [1.807, 2.05) is 13.0 Å². The van der Waals surface area contributed by atoms with Gasteiger partial charge in [0, 0.05) is 17.5 Å². The lowest BCUT2D eigenvalue weighted by atomic mass is 9.97. The smallest absolute Gasteiger partial charge is 0.170 e. The standard InChI is InChI=1S/C14H16FN3O/c1-9-10(6-4-8-17-9)14(18-16)11-5-3-7-12(19-2)13(11)15/h3-8,14,18H,16H2,1-2H3. The van der Waals surface area contributed by atoms with E-state index in [0.717, 1.165) is 11.3 Å². The Morgan fingerprint density at radius 3 is 2.63 bits per heavy atom. The predicted molar refractivity (Wildman–Crippen MR) is 71.1 cm³/mol. The highest BCUT2D eigenvalue weighted by atomic mass is 19.1. The fourth-order valence-corrected chi connectivity index (χ4v) is 2.06. The molecule has 2 aromatic rings. The Hall–Kier alpha value is -1.98. The number of hydrogen-bond donors (Lipinski definition) is 2.